The van der Waals surface area contributed by atoms with Gasteiger partial charge in [-0.2, -0.15) is 0 Å². The van der Waals surface area contributed by atoms with Crippen LogP contribution in [-0.4, -0.2) is 61.0 Å². The van der Waals surface area contributed by atoms with Gasteiger partial charge < -0.3 is 26.2 Å². The molecule has 1 aromatic rings. The topological polar surface area (TPSA) is 161 Å². The summed E-state index contributed by atoms with van der Waals surface area (Å²) in [6.07, 6.45) is -0.527. The Balaban J connectivity index is 1.82. The molecule has 1 aromatic carbocycles. The molecule has 1 amide bonds. The summed E-state index contributed by atoms with van der Waals surface area (Å²) in [5, 5.41) is 43.8. The highest BCUT2D eigenvalue weighted by atomic mass is 19.1. The van der Waals surface area contributed by atoms with Gasteiger partial charge in [0.1, 0.15) is 28.7 Å². The van der Waals surface area contributed by atoms with E-state index < -0.39 is 70.0 Å². The van der Waals surface area contributed by atoms with E-state index in [1.165, 1.54) is 6.07 Å². The number of aliphatic hydroxyl groups is 3. The molecule has 9 nitrogen and oxygen atoms in total. The van der Waals surface area contributed by atoms with E-state index in [1.807, 2.05) is 13.8 Å². The fraction of sp³-hybridized carbons (Fsp3) is 0.519. The zero-order chi connectivity index (χ0) is 27.6. The molecule has 0 unspecified atom stereocenters. The minimum atomic E-state index is -2.64. The highest BCUT2D eigenvalue weighted by Gasteiger charge is 2.60. The molecule has 0 spiro atoms. The lowest BCUT2D eigenvalue weighted by molar-refractivity contribution is -0.147. The lowest BCUT2D eigenvalue weighted by Gasteiger charge is -2.46. The number of hydrogen-bond acceptors (Lipinski definition) is 8. The molecule has 0 heterocycles. The van der Waals surface area contributed by atoms with Crippen LogP contribution >= 0.6 is 0 Å². The van der Waals surface area contributed by atoms with Gasteiger partial charge in [-0.15, -0.1) is 0 Å². The third-order valence-electron chi connectivity index (χ3n) is 8.39. The number of amides is 1. The lowest BCUT2D eigenvalue weighted by atomic mass is 9.59. The normalized spacial score (nSPS) is 26.4. The van der Waals surface area contributed by atoms with Gasteiger partial charge >= 0.3 is 0 Å². The number of ketones is 2. The molecule has 0 aliphatic heterocycles. The van der Waals surface area contributed by atoms with E-state index in [1.54, 1.807) is 0 Å². The molecule has 0 aromatic heterocycles. The minimum Gasteiger partial charge on any atom is -0.508 e. The highest BCUT2D eigenvalue weighted by Crippen LogP contribution is 2.52. The Kier molecular flexibility index (Phi) is 6.71. The van der Waals surface area contributed by atoms with Crippen molar-refractivity contribution in [3.05, 3.63) is 45.5 Å². The SMILES string of the molecule is CCN(Cc1cc(O)c2c(c1F)C[C@H]1C[C@H]3CC(=O)C(C(N)=O)=C(O)[C@@]3(O)C(=O)C1=C2O)[C@H](C)C(C)C. The maximum Gasteiger partial charge on any atom is 0.255 e. The zero-order valence-electron chi connectivity index (χ0n) is 21.3. The van der Waals surface area contributed by atoms with Crippen LogP contribution in [0.1, 0.15) is 57.2 Å². The number of carbonyl (C=O) groups is 3. The summed E-state index contributed by atoms with van der Waals surface area (Å²) in [7, 11) is 0. The average Bonchev–Trinajstić information content (AvgIpc) is 2.81. The molecule has 1 saturated carbocycles. The van der Waals surface area contributed by atoms with Gasteiger partial charge in [-0.1, -0.05) is 20.8 Å². The summed E-state index contributed by atoms with van der Waals surface area (Å²) in [5.74, 6) is -7.59. The van der Waals surface area contributed by atoms with Gasteiger partial charge in [0.05, 0.1) is 5.56 Å². The number of carbonyl (C=O) groups excluding carboxylic acids is 3. The number of fused-ring (bicyclic) bond motifs is 3. The number of halogens is 1. The van der Waals surface area contributed by atoms with Gasteiger partial charge in [0.15, 0.2) is 11.4 Å². The Hall–Kier alpha value is -3.24. The number of phenols is 1. The number of aromatic hydroxyl groups is 1. The van der Waals surface area contributed by atoms with Crippen LogP contribution < -0.4 is 5.73 Å². The van der Waals surface area contributed by atoms with Gasteiger partial charge in [0.25, 0.3) is 5.91 Å². The van der Waals surface area contributed by atoms with E-state index in [2.05, 4.69) is 18.7 Å². The molecule has 200 valence electrons. The van der Waals surface area contributed by atoms with Crippen molar-refractivity contribution in [1.82, 2.24) is 4.90 Å². The molecule has 37 heavy (non-hydrogen) atoms. The van der Waals surface area contributed by atoms with Crippen LogP contribution in [0.15, 0.2) is 23.0 Å². The second-order valence-corrected chi connectivity index (χ2v) is 10.7. The molecule has 3 aliphatic carbocycles. The molecular formula is C27H33FN2O7. The lowest BCUT2D eigenvalue weighted by Crippen LogP contribution is -2.58. The average molecular weight is 517 g/mol. The van der Waals surface area contributed by atoms with E-state index in [0.717, 1.165) is 0 Å². The fourth-order valence-electron chi connectivity index (χ4n) is 6.02. The van der Waals surface area contributed by atoms with Crippen molar-refractivity contribution in [2.24, 2.45) is 23.5 Å². The number of nitrogens with two attached hydrogens (primary N) is 1. The van der Waals surface area contributed by atoms with Crippen LogP contribution in [0.5, 0.6) is 5.75 Å². The minimum absolute atomic E-state index is 0.0428. The maximum atomic E-state index is 15.8. The van der Waals surface area contributed by atoms with Crippen molar-refractivity contribution in [2.75, 3.05) is 6.54 Å². The van der Waals surface area contributed by atoms with Crippen molar-refractivity contribution < 1.29 is 39.2 Å². The third kappa shape index (κ3) is 3.93. The predicted octanol–water partition coefficient (Wildman–Crippen LogP) is 2.43. The highest BCUT2D eigenvalue weighted by molar-refractivity contribution is 6.22. The molecule has 4 atom stereocenters. The predicted molar refractivity (Wildman–Crippen MR) is 132 cm³/mol. The maximum absolute atomic E-state index is 15.8. The van der Waals surface area contributed by atoms with Crippen molar-refractivity contribution in [3.63, 3.8) is 0 Å². The standard InChI is InChI=1S/C27H33FN2O7/c1-5-30(12(4)11(2)3)10-14-8-17(31)20-16(22(14)28)7-13-6-15-9-18(32)21(26(29)36)25(35)27(15,37)24(34)19(13)23(20)33/h8,11-13,15,31,33,35,37H,5-7,9-10H2,1-4H3,(H2,29,36)/t12-,13-,15+,27+/m1/s1. The first-order valence-electron chi connectivity index (χ1n) is 12.5. The Bertz CT molecular complexity index is 1270. The number of benzene rings is 1. The Morgan fingerprint density at radius 1 is 1.22 bits per heavy atom. The van der Waals surface area contributed by atoms with Crippen molar-refractivity contribution in [2.45, 2.75) is 65.1 Å². The number of nitrogens with zero attached hydrogens (tertiary/aromatic N) is 1. The molecular weight excluding hydrogens is 483 g/mol. The van der Waals surface area contributed by atoms with Gasteiger partial charge in [0.2, 0.25) is 5.78 Å². The van der Waals surface area contributed by atoms with Crippen molar-refractivity contribution in [3.8, 4) is 5.75 Å². The number of Topliss-reactive ketones (excluding diaryl/α,β-unsaturated/α-hetero) is 2. The van der Waals surface area contributed by atoms with Crippen LogP contribution in [-0.2, 0) is 27.3 Å². The molecule has 1 fully saturated rings. The van der Waals surface area contributed by atoms with Gasteiger partial charge in [0, 0.05) is 41.6 Å². The summed E-state index contributed by atoms with van der Waals surface area (Å²) in [5.41, 5.74) is 1.46. The van der Waals surface area contributed by atoms with Gasteiger partial charge in [-0.3, -0.25) is 19.3 Å². The molecule has 4 rings (SSSR count). The van der Waals surface area contributed by atoms with E-state index >= 15 is 4.39 Å². The van der Waals surface area contributed by atoms with Crippen LogP contribution in [0.4, 0.5) is 4.39 Å². The second-order valence-electron chi connectivity index (χ2n) is 10.7. The van der Waals surface area contributed by atoms with E-state index in [-0.39, 0.29) is 47.7 Å². The summed E-state index contributed by atoms with van der Waals surface area (Å²) in [4.78, 5) is 39.7. The number of hydrogen-bond donors (Lipinski definition) is 5. The first-order valence-corrected chi connectivity index (χ1v) is 12.5. The Morgan fingerprint density at radius 2 is 1.86 bits per heavy atom. The Morgan fingerprint density at radius 3 is 2.43 bits per heavy atom. The number of phenolic OH excluding ortho intramolecular Hbond substituents is 1. The van der Waals surface area contributed by atoms with E-state index in [9.17, 15) is 34.8 Å². The summed E-state index contributed by atoms with van der Waals surface area (Å²) >= 11 is 0. The van der Waals surface area contributed by atoms with Crippen molar-refractivity contribution in [1.29, 1.82) is 0 Å². The summed E-state index contributed by atoms with van der Waals surface area (Å²) in [6.45, 7) is 9.02. The molecule has 0 bridgehead atoms. The fourth-order valence-corrected chi connectivity index (χ4v) is 6.02. The van der Waals surface area contributed by atoms with E-state index in [4.69, 9.17) is 5.73 Å². The van der Waals surface area contributed by atoms with Crippen LogP contribution in [0.2, 0.25) is 0 Å². The van der Waals surface area contributed by atoms with Crippen LogP contribution in [0.25, 0.3) is 5.76 Å². The molecule has 0 radical (unpaired) electrons. The largest absolute Gasteiger partial charge is 0.508 e. The first-order chi connectivity index (χ1) is 17.2. The molecule has 6 N–H and O–H groups in total. The molecule has 10 heteroatoms. The smallest absolute Gasteiger partial charge is 0.255 e. The molecule has 3 aliphatic rings. The van der Waals surface area contributed by atoms with Crippen LogP contribution in [0.3, 0.4) is 0 Å². The second kappa shape index (κ2) is 9.25. The quantitative estimate of drug-likeness (QED) is 0.360. The first kappa shape index (κ1) is 26.8. The zero-order valence-corrected chi connectivity index (χ0v) is 21.3. The Labute approximate surface area is 214 Å². The number of rotatable bonds is 6. The van der Waals surface area contributed by atoms with Gasteiger partial charge in [-0.05, 0) is 44.2 Å². The van der Waals surface area contributed by atoms with Gasteiger partial charge in [-0.25, -0.2) is 4.39 Å². The van der Waals surface area contributed by atoms with Crippen LogP contribution in [0, 0.1) is 23.6 Å². The summed E-state index contributed by atoms with van der Waals surface area (Å²) in [6, 6.07) is 1.37. The third-order valence-corrected chi connectivity index (χ3v) is 8.39. The summed E-state index contributed by atoms with van der Waals surface area (Å²) < 4.78 is 15.8. The number of primary amides is 1. The monoisotopic (exact) mass is 516 g/mol. The molecule has 0 saturated heterocycles. The van der Waals surface area contributed by atoms with Crippen molar-refractivity contribution >= 4 is 23.2 Å². The number of aliphatic hydroxyl groups excluding tert-OH is 2. The van der Waals surface area contributed by atoms with E-state index in [0.29, 0.717) is 12.5 Å².